The zero-order valence-corrected chi connectivity index (χ0v) is 11.4. The quantitative estimate of drug-likeness (QED) is 0.686. The summed E-state index contributed by atoms with van der Waals surface area (Å²) in [4.78, 5) is 0. The molecular formula is C15H27NO. The Morgan fingerprint density at radius 1 is 1.41 bits per heavy atom. The van der Waals surface area contributed by atoms with Gasteiger partial charge in [-0.2, -0.15) is 0 Å². The highest BCUT2D eigenvalue weighted by Crippen LogP contribution is 2.36. The van der Waals surface area contributed by atoms with Crippen LogP contribution in [-0.2, 0) is 4.74 Å². The molecule has 2 heteroatoms. The molecule has 1 unspecified atom stereocenters. The molecule has 0 aromatic carbocycles. The zero-order valence-electron chi connectivity index (χ0n) is 11.4. The fourth-order valence-electron chi connectivity index (χ4n) is 3.20. The number of nitrogens with one attached hydrogen (secondary N) is 1. The van der Waals surface area contributed by atoms with Crippen LogP contribution in [0.25, 0.3) is 0 Å². The molecule has 17 heavy (non-hydrogen) atoms. The Labute approximate surface area is 106 Å². The number of allylic oxidation sites excluding steroid dienone is 1. The second-order valence-corrected chi connectivity index (χ2v) is 5.43. The van der Waals surface area contributed by atoms with E-state index in [0.29, 0.717) is 12.1 Å². The minimum absolute atomic E-state index is 0.560. The van der Waals surface area contributed by atoms with Gasteiger partial charge in [-0.3, -0.25) is 0 Å². The van der Waals surface area contributed by atoms with Crippen molar-refractivity contribution in [3.8, 4) is 0 Å². The van der Waals surface area contributed by atoms with Gasteiger partial charge in [0.05, 0.1) is 6.10 Å². The molecule has 98 valence electrons. The molecule has 0 bridgehead atoms. The van der Waals surface area contributed by atoms with E-state index in [4.69, 9.17) is 4.74 Å². The van der Waals surface area contributed by atoms with Crippen LogP contribution in [0.5, 0.6) is 0 Å². The highest BCUT2D eigenvalue weighted by molar-refractivity contribution is 5.15. The van der Waals surface area contributed by atoms with E-state index in [-0.39, 0.29) is 0 Å². The first-order valence-corrected chi connectivity index (χ1v) is 7.37. The molecule has 0 aliphatic heterocycles. The molecule has 0 radical (unpaired) electrons. The molecule has 0 amide bonds. The van der Waals surface area contributed by atoms with Crippen LogP contribution >= 0.6 is 0 Å². The van der Waals surface area contributed by atoms with Crippen molar-refractivity contribution >= 4 is 0 Å². The van der Waals surface area contributed by atoms with Gasteiger partial charge in [0.25, 0.3) is 0 Å². The summed E-state index contributed by atoms with van der Waals surface area (Å²) < 4.78 is 5.64. The summed E-state index contributed by atoms with van der Waals surface area (Å²) in [7, 11) is 0. The fraction of sp³-hybridized carbons (Fsp3) is 0.867. The van der Waals surface area contributed by atoms with Crippen molar-refractivity contribution in [2.24, 2.45) is 5.92 Å². The van der Waals surface area contributed by atoms with Gasteiger partial charge in [0.2, 0.25) is 0 Å². The van der Waals surface area contributed by atoms with Crippen LogP contribution < -0.4 is 5.32 Å². The molecular weight excluding hydrogens is 210 g/mol. The first kappa shape index (κ1) is 13.1. The molecule has 1 saturated carbocycles. The Morgan fingerprint density at radius 3 is 2.82 bits per heavy atom. The number of hydrogen-bond acceptors (Lipinski definition) is 2. The maximum absolute atomic E-state index is 5.64. The van der Waals surface area contributed by atoms with Gasteiger partial charge in [-0.05, 0) is 57.9 Å². The van der Waals surface area contributed by atoms with Crippen LogP contribution in [0, 0.1) is 5.92 Å². The summed E-state index contributed by atoms with van der Waals surface area (Å²) in [5.41, 5.74) is 1.67. The summed E-state index contributed by atoms with van der Waals surface area (Å²) in [6, 6.07) is 0.648. The Kier molecular flexibility index (Phi) is 5.05. The molecule has 1 atom stereocenters. The van der Waals surface area contributed by atoms with Crippen molar-refractivity contribution in [1.29, 1.82) is 0 Å². The molecule has 1 N–H and O–H groups in total. The molecule has 1 fully saturated rings. The van der Waals surface area contributed by atoms with Crippen LogP contribution in [0.3, 0.4) is 0 Å². The van der Waals surface area contributed by atoms with Crippen LogP contribution in [0.2, 0.25) is 0 Å². The van der Waals surface area contributed by atoms with E-state index in [0.717, 1.165) is 19.1 Å². The third-order valence-electron chi connectivity index (χ3n) is 4.14. The summed E-state index contributed by atoms with van der Waals surface area (Å²) in [6.07, 6.45) is 10.9. The third kappa shape index (κ3) is 3.56. The van der Waals surface area contributed by atoms with Gasteiger partial charge in [0.1, 0.15) is 0 Å². The minimum atomic E-state index is 0.560. The third-order valence-corrected chi connectivity index (χ3v) is 4.14. The van der Waals surface area contributed by atoms with Crippen LogP contribution in [-0.4, -0.2) is 25.3 Å². The van der Waals surface area contributed by atoms with Crippen LogP contribution in [0.4, 0.5) is 0 Å². The first-order chi connectivity index (χ1) is 8.33. The fourth-order valence-corrected chi connectivity index (χ4v) is 3.20. The van der Waals surface area contributed by atoms with Gasteiger partial charge >= 0.3 is 0 Å². The summed E-state index contributed by atoms with van der Waals surface area (Å²) in [6.45, 7) is 6.27. The van der Waals surface area contributed by atoms with Gasteiger partial charge in [-0.25, -0.2) is 0 Å². The van der Waals surface area contributed by atoms with Crippen LogP contribution in [0.15, 0.2) is 11.6 Å². The van der Waals surface area contributed by atoms with Gasteiger partial charge in [0.15, 0.2) is 0 Å². The lowest BCUT2D eigenvalue weighted by atomic mass is 9.77. The van der Waals surface area contributed by atoms with Crippen molar-refractivity contribution in [3.63, 3.8) is 0 Å². The van der Waals surface area contributed by atoms with Gasteiger partial charge in [-0.15, -0.1) is 0 Å². The second-order valence-electron chi connectivity index (χ2n) is 5.43. The van der Waals surface area contributed by atoms with E-state index in [1.54, 1.807) is 5.57 Å². The predicted molar refractivity (Wildman–Crippen MR) is 72.2 cm³/mol. The maximum Gasteiger partial charge on any atom is 0.0580 e. The molecule has 0 spiro atoms. The molecule has 2 aliphatic rings. The molecule has 2 rings (SSSR count). The van der Waals surface area contributed by atoms with Crippen molar-refractivity contribution in [1.82, 2.24) is 5.32 Å². The van der Waals surface area contributed by atoms with E-state index in [1.165, 1.54) is 38.5 Å². The van der Waals surface area contributed by atoms with Crippen molar-refractivity contribution < 1.29 is 4.74 Å². The highest BCUT2D eigenvalue weighted by atomic mass is 16.5. The number of hydrogen-bond donors (Lipinski definition) is 1. The zero-order chi connectivity index (χ0) is 12.1. The van der Waals surface area contributed by atoms with Gasteiger partial charge in [0, 0.05) is 12.6 Å². The van der Waals surface area contributed by atoms with E-state index in [9.17, 15) is 0 Å². The molecule has 0 heterocycles. The molecule has 0 aromatic rings. The smallest absolute Gasteiger partial charge is 0.0580 e. The average molecular weight is 237 g/mol. The number of likely N-dealkylation sites (N-methyl/N-ethyl adjacent to an activating group) is 1. The number of ether oxygens (including phenoxy) is 1. The van der Waals surface area contributed by atoms with Crippen molar-refractivity contribution in [3.05, 3.63) is 11.6 Å². The SMILES string of the molecule is CCNC(CC1CC(OCC)C1)C1=CCCC1. The van der Waals surface area contributed by atoms with Crippen molar-refractivity contribution in [2.45, 2.75) is 64.5 Å². The maximum atomic E-state index is 5.64. The Morgan fingerprint density at radius 2 is 2.24 bits per heavy atom. The highest BCUT2D eigenvalue weighted by Gasteiger charge is 2.32. The van der Waals surface area contributed by atoms with E-state index in [2.05, 4.69) is 25.2 Å². The predicted octanol–water partition coefficient (Wildman–Crippen LogP) is 3.28. The topological polar surface area (TPSA) is 21.3 Å². The lowest BCUT2D eigenvalue weighted by molar-refractivity contribution is -0.0281. The molecule has 2 nitrogen and oxygen atoms in total. The minimum Gasteiger partial charge on any atom is -0.378 e. The summed E-state index contributed by atoms with van der Waals surface area (Å²) >= 11 is 0. The lowest BCUT2D eigenvalue weighted by Gasteiger charge is -2.37. The number of rotatable bonds is 7. The van der Waals surface area contributed by atoms with E-state index in [1.807, 2.05) is 0 Å². The van der Waals surface area contributed by atoms with E-state index >= 15 is 0 Å². The van der Waals surface area contributed by atoms with E-state index < -0.39 is 0 Å². The normalized spacial score (nSPS) is 29.9. The largest absolute Gasteiger partial charge is 0.378 e. The second kappa shape index (κ2) is 6.55. The summed E-state index contributed by atoms with van der Waals surface area (Å²) in [5, 5.41) is 3.66. The molecule has 0 saturated heterocycles. The Balaban J connectivity index is 1.75. The standard InChI is InChI=1S/C15H27NO/c1-3-16-15(13-7-5-6-8-13)11-12-9-14(10-12)17-4-2/h7,12,14-16H,3-6,8-11H2,1-2H3. The first-order valence-electron chi connectivity index (χ1n) is 7.37. The lowest BCUT2D eigenvalue weighted by Crippen LogP contribution is -2.38. The van der Waals surface area contributed by atoms with Gasteiger partial charge in [-0.1, -0.05) is 18.6 Å². The summed E-state index contributed by atoms with van der Waals surface area (Å²) in [5.74, 6) is 0.886. The van der Waals surface area contributed by atoms with Gasteiger partial charge < -0.3 is 10.1 Å². The van der Waals surface area contributed by atoms with Crippen molar-refractivity contribution in [2.75, 3.05) is 13.2 Å². The molecule has 0 aromatic heterocycles. The monoisotopic (exact) mass is 237 g/mol. The Hall–Kier alpha value is -0.340. The average Bonchev–Trinajstić information content (AvgIpc) is 2.78. The Bertz CT molecular complexity index is 256. The van der Waals surface area contributed by atoms with Crippen LogP contribution in [0.1, 0.15) is 52.4 Å². The molecule has 2 aliphatic carbocycles.